The summed E-state index contributed by atoms with van der Waals surface area (Å²) in [6.45, 7) is 0. The van der Waals surface area contributed by atoms with E-state index in [1.165, 1.54) is 24.5 Å². The van der Waals surface area contributed by atoms with E-state index in [1.54, 1.807) is 19.2 Å². The molecule has 1 heterocycles. The minimum atomic E-state index is -0.316. The molecule has 0 saturated carbocycles. The van der Waals surface area contributed by atoms with Crippen molar-refractivity contribution in [3.63, 3.8) is 0 Å². The van der Waals surface area contributed by atoms with Crippen LogP contribution in [0.25, 0.3) is 11.4 Å². The average Bonchev–Trinajstić information content (AvgIpc) is 2.63. The van der Waals surface area contributed by atoms with Crippen molar-refractivity contribution in [3.8, 4) is 17.1 Å². The number of nitrogens with zero attached hydrogens (tertiary/aromatic N) is 2. The number of aromatic nitrogens is 2. The Morgan fingerprint density at radius 1 is 1.08 bits per heavy atom. The number of hydrogen-bond donors (Lipinski definition) is 1. The Labute approximate surface area is 144 Å². The van der Waals surface area contributed by atoms with Gasteiger partial charge in [-0.25, -0.2) is 14.4 Å². The predicted molar refractivity (Wildman–Crippen MR) is 92.8 cm³/mol. The summed E-state index contributed by atoms with van der Waals surface area (Å²) in [6, 6.07) is 13.3. The molecule has 3 aromatic rings. The Morgan fingerprint density at radius 2 is 1.76 bits per heavy atom. The molecule has 0 aliphatic heterocycles. The number of anilines is 1. The van der Waals surface area contributed by atoms with Crippen molar-refractivity contribution < 1.29 is 13.9 Å². The van der Waals surface area contributed by atoms with Crippen LogP contribution < -0.4 is 10.1 Å². The smallest absolute Gasteiger partial charge is 0.229 e. The SMILES string of the molecule is COc1ccccc1CC(=O)Nc1cnc(-c2ccc(F)cc2)nc1. The van der Waals surface area contributed by atoms with Gasteiger partial charge in [-0.05, 0) is 30.3 Å². The molecule has 0 unspecified atom stereocenters. The molecule has 3 rings (SSSR count). The zero-order valence-electron chi connectivity index (χ0n) is 13.6. The number of benzene rings is 2. The zero-order valence-corrected chi connectivity index (χ0v) is 13.6. The fourth-order valence-corrected chi connectivity index (χ4v) is 2.37. The Balaban J connectivity index is 1.67. The lowest BCUT2D eigenvalue weighted by Gasteiger charge is -2.09. The molecule has 0 radical (unpaired) electrons. The van der Waals surface area contributed by atoms with Gasteiger partial charge < -0.3 is 10.1 Å². The third-order valence-corrected chi connectivity index (χ3v) is 3.58. The first kappa shape index (κ1) is 16.6. The van der Waals surface area contributed by atoms with Crippen LogP contribution in [0, 0.1) is 5.82 Å². The summed E-state index contributed by atoms with van der Waals surface area (Å²) < 4.78 is 18.2. The van der Waals surface area contributed by atoms with Crippen molar-refractivity contribution in [2.45, 2.75) is 6.42 Å². The molecule has 1 aromatic heterocycles. The van der Waals surface area contributed by atoms with E-state index in [1.807, 2.05) is 24.3 Å². The fraction of sp³-hybridized carbons (Fsp3) is 0.105. The van der Waals surface area contributed by atoms with Crippen LogP contribution in [0.2, 0.25) is 0 Å². The number of hydrogen-bond acceptors (Lipinski definition) is 4. The van der Waals surface area contributed by atoms with E-state index in [2.05, 4.69) is 15.3 Å². The lowest BCUT2D eigenvalue weighted by atomic mass is 10.1. The summed E-state index contributed by atoms with van der Waals surface area (Å²) in [4.78, 5) is 20.6. The lowest BCUT2D eigenvalue weighted by Crippen LogP contribution is -2.15. The summed E-state index contributed by atoms with van der Waals surface area (Å²) in [6.07, 6.45) is 3.22. The van der Waals surface area contributed by atoms with Gasteiger partial charge in [0.25, 0.3) is 0 Å². The maximum Gasteiger partial charge on any atom is 0.229 e. The molecule has 0 fully saturated rings. The lowest BCUT2D eigenvalue weighted by molar-refractivity contribution is -0.115. The van der Waals surface area contributed by atoms with Crippen molar-refractivity contribution in [1.29, 1.82) is 0 Å². The summed E-state index contributed by atoms with van der Waals surface area (Å²) >= 11 is 0. The number of rotatable bonds is 5. The molecule has 2 aromatic carbocycles. The second-order valence-electron chi connectivity index (χ2n) is 5.34. The fourth-order valence-electron chi connectivity index (χ4n) is 2.37. The topological polar surface area (TPSA) is 64.1 Å². The van der Waals surface area contributed by atoms with Crippen molar-refractivity contribution in [3.05, 3.63) is 72.3 Å². The third kappa shape index (κ3) is 4.17. The normalized spacial score (nSPS) is 10.3. The summed E-state index contributed by atoms with van der Waals surface area (Å²) in [7, 11) is 1.57. The minimum Gasteiger partial charge on any atom is -0.496 e. The molecule has 0 atom stereocenters. The molecule has 1 amide bonds. The summed E-state index contributed by atoms with van der Waals surface area (Å²) in [5, 5.41) is 2.75. The second kappa shape index (κ2) is 7.53. The van der Waals surface area contributed by atoms with Gasteiger partial charge >= 0.3 is 0 Å². The molecule has 0 bridgehead atoms. The van der Waals surface area contributed by atoms with Gasteiger partial charge in [-0.15, -0.1) is 0 Å². The van der Waals surface area contributed by atoms with Crippen LogP contribution in [-0.4, -0.2) is 23.0 Å². The van der Waals surface area contributed by atoms with E-state index < -0.39 is 0 Å². The van der Waals surface area contributed by atoms with Crippen LogP contribution in [0.3, 0.4) is 0 Å². The first-order valence-electron chi connectivity index (χ1n) is 7.65. The Morgan fingerprint density at radius 3 is 2.44 bits per heavy atom. The number of carbonyl (C=O) groups is 1. The standard InChI is InChI=1S/C19H16FN3O2/c1-25-17-5-3-2-4-14(17)10-18(24)23-16-11-21-19(22-12-16)13-6-8-15(20)9-7-13/h2-9,11-12H,10H2,1H3,(H,23,24). The third-order valence-electron chi connectivity index (χ3n) is 3.58. The highest BCUT2D eigenvalue weighted by Crippen LogP contribution is 2.19. The van der Waals surface area contributed by atoms with Crippen LogP contribution in [0.1, 0.15) is 5.56 Å². The van der Waals surface area contributed by atoms with Crippen LogP contribution in [0.4, 0.5) is 10.1 Å². The zero-order chi connectivity index (χ0) is 17.6. The number of nitrogens with one attached hydrogen (secondary N) is 1. The Kier molecular flexibility index (Phi) is 4.99. The molecule has 5 nitrogen and oxygen atoms in total. The van der Waals surface area contributed by atoms with E-state index in [-0.39, 0.29) is 18.1 Å². The van der Waals surface area contributed by atoms with Gasteiger partial charge in [0.15, 0.2) is 5.82 Å². The Hall–Kier alpha value is -3.28. The molecule has 0 aliphatic rings. The van der Waals surface area contributed by atoms with Gasteiger partial charge in [0.1, 0.15) is 11.6 Å². The van der Waals surface area contributed by atoms with Crippen LogP contribution in [0.15, 0.2) is 60.9 Å². The highest BCUT2D eigenvalue weighted by molar-refractivity contribution is 5.92. The summed E-state index contributed by atoms with van der Waals surface area (Å²) in [5.41, 5.74) is 1.99. The number of ether oxygens (including phenoxy) is 1. The van der Waals surface area contributed by atoms with Gasteiger partial charge in [0, 0.05) is 11.1 Å². The van der Waals surface area contributed by atoms with Gasteiger partial charge in [-0.3, -0.25) is 4.79 Å². The quantitative estimate of drug-likeness (QED) is 0.774. The van der Waals surface area contributed by atoms with E-state index >= 15 is 0 Å². The predicted octanol–water partition coefficient (Wildman–Crippen LogP) is 3.47. The minimum absolute atomic E-state index is 0.184. The monoisotopic (exact) mass is 337 g/mol. The maximum atomic E-state index is 12.9. The van der Waals surface area contributed by atoms with E-state index in [9.17, 15) is 9.18 Å². The van der Waals surface area contributed by atoms with E-state index in [0.717, 1.165) is 5.56 Å². The molecule has 1 N–H and O–H groups in total. The largest absolute Gasteiger partial charge is 0.496 e. The molecular formula is C19H16FN3O2. The van der Waals surface area contributed by atoms with Gasteiger partial charge in [-0.2, -0.15) is 0 Å². The van der Waals surface area contributed by atoms with Crippen LogP contribution in [-0.2, 0) is 11.2 Å². The highest BCUT2D eigenvalue weighted by atomic mass is 19.1. The number of carbonyl (C=O) groups excluding carboxylic acids is 1. The molecule has 0 aliphatic carbocycles. The van der Waals surface area contributed by atoms with Crippen LogP contribution in [0.5, 0.6) is 5.75 Å². The van der Waals surface area contributed by atoms with Crippen LogP contribution >= 0.6 is 0 Å². The van der Waals surface area contributed by atoms with E-state index in [4.69, 9.17) is 4.74 Å². The van der Waals surface area contributed by atoms with Crippen molar-refractivity contribution >= 4 is 11.6 Å². The summed E-state index contributed by atoms with van der Waals surface area (Å²) in [5.74, 6) is 0.620. The molecule has 126 valence electrons. The molecule has 0 spiro atoms. The molecule has 6 heteroatoms. The van der Waals surface area contributed by atoms with E-state index in [0.29, 0.717) is 22.8 Å². The van der Waals surface area contributed by atoms with Gasteiger partial charge in [-0.1, -0.05) is 18.2 Å². The number of amides is 1. The maximum absolute atomic E-state index is 12.9. The van der Waals surface area contributed by atoms with Crippen molar-refractivity contribution in [2.75, 3.05) is 12.4 Å². The van der Waals surface area contributed by atoms with Gasteiger partial charge in [0.2, 0.25) is 5.91 Å². The molecular weight excluding hydrogens is 321 g/mol. The molecule has 0 saturated heterocycles. The Bertz CT molecular complexity index is 865. The average molecular weight is 337 g/mol. The first-order chi connectivity index (χ1) is 12.2. The number of methoxy groups -OCH3 is 1. The number of para-hydroxylation sites is 1. The highest BCUT2D eigenvalue weighted by Gasteiger charge is 2.09. The second-order valence-corrected chi connectivity index (χ2v) is 5.34. The van der Waals surface area contributed by atoms with Crippen molar-refractivity contribution in [2.24, 2.45) is 0 Å². The van der Waals surface area contributed by atoms with Gasteiger partial charge in [0.05, 0.1) is 31.6 Å². The van der Waals surface area contributed by atoms with Crippen molar-refractivity contribution in [1.82, 2.24) is 9.97 Å². The molecule has 25 heavy (non-hydrogen) atoms. The first-order valence-corrected chi connectivity index (χ1v) is 7.65. The number of halogens is 1.